The van der Waals surface area contributed by atoms with Crippen LogP contribution >= 0.6 is 11.8 Å². The summed E-state index contributed by atoms with van der Waals surface area (Å²) in [6, 6.07) is 11.8. The number of aromatic nitrogens is 3. The lowest BCUT2D eigenvalue weighted by molar-refractivity contribution is -0.116. The molecule has 0 aliphatic rings. The molecule has 1 aromatic heterocycles. The summed E-state index contributed by atoms with van der Waals surface area (Å²) >= 11 is 1.22. The normalized spacial score (nSPS) is 10.7. The van der Waals surface area contributed by atoms with Gasteiger partial charge < -0.3 is 15.2 Å². The minimum Gasteiger partial charge on any atom is -0.325 e. The van der Waals surface area contributed by atoms with Crippen molar-refractivity contribution in [3.05, 3.63) is 65.2 Å². The second-order valence-corrected chi connectivity index (χ2v) is 7.76. The first-order valence-corrected chi connectivity index (χ1v) is 10.2. The molecule has 0 spiro atoms. The predicted molar refractivity (Wildman–Crippen MR) is 115 cm³/mol. The van der Waals surface area contributed by atoms with Gasteiger partial charge in [-0.3, -0.25) is 9.59 Å². The maximum Gasteiger partial charge on any atom is 0.234 e. The highest BCUT2D eigenvalue weighted by Crippen LogP contribution is 2.19. The molecule has 0 atom stereocenters. The molecule has 2 N–H and O–H groups in total. The van der Waals surface area contributed by atoms with Crippen molar-refractivity contribution >= 4 is 35.0 Å². The topological polar surface area (TPSA) is 88.9 Å². The van der Waals surface area contributed by atoms with Crippen LogP contribution in [0.2, 0.25) is 0 Å². The molecule has 3 rings (SSSR count). The molecular formula is C21H22FN5O2S. The fourth-order valence-electron chi connectivity index (χ4n) is 2.80. The lowest BCUT2D eigenvalue weighted by atomic mass is 10.1. The molecule has 0 saturated heterocycles. The summed E-state index contributed by atoms with van der Waals surface area (Å²) < 4.78 is 15.3. The zero-order valence-electron chi connectivity index (χ0n) is 16.9. The van der Waals surface area contributed by atoms with Gasteiger partial charge in [0, 0.05) is 12.7 Å². The van der Waals surface area contributed by atoms with Gasteiger partial charge in [-0.1, -0.05) is 41.6 Å². The lowest BCUT2D eigenvalue weighted by Crippen LogP contribution is -2.18. The van der Waals surface area contributed by atoms with Crippen LogP contribution in [-0.4, -0.2) is 32.3 Å². The van der Waals surface area contributed by atoms with Gasteiger partial charge in [-0.2, -0.15) is 0 Å². The number of benzene rings is 2. The zero-order chi connectivity index (χ0) is 21.7. The van der Waals surface area contributed by atoms with E-state index in [4.69, 9.17) is 0 Å². The molecule has 156 valence electrons. The number of amides is 2. The Labute approximate surface area is 178 Å². The Morgan fingerprint density at radius 3 is 2.50 bits per heavy atom. The molecule has 0 aliphatic carbocycles. The van der Waals surface area contributed by atoms with Crippen LogP contribution in [0.25, 0.3) is 0 Å². The maximum atomic E-state index is 13.7. The summed E-state index contributed by atoms with van der Waals surface area (Å²) in [5, 5.41) is 14.0. The number of nitrogens with one attached hydrogen (secondary N) is 2. The van der Waals surface area contributed by atoms with Gasteiger partial charge in [0.15, 0.2) is 5.16 Å². The summed E-state index contributed by atoms with van der Waals surface area (Å²) in [7, 11) is 1.72. The van der Waals surface area contributed by atoms with E-state index in [2.05, 4.69) is 20.8 Å². The minimum absolute atomic E-state index is 0.0623. The molecule has 0 saturated carbocycles. The standard InChI is InChI=1S/C21H22FN5O2S/c1-13-8-9-16(14(2)10-13)23-20(29)12-30-21-26-25-18(27(21)3)11-19(28)24-17-7-5-4-6-15(17)22/h4-10H,11-12H2,1-3H3,(H,23,29)(H,24,28). The lowest BCUT2D eigenvalue weighted by Gasteiger charge is -2.09. The van der Waals surface area contributed by atoms with E-state index in [1.54, 1.807) is 23.7 Å². The van der Waals surface area contributed by atoms with E-state index in [1.807, 2.05) is 32.0 Å². The van der Waals surface area contributed by atoms with Crippen molar-refractivity contribution in [2.75, 3.05) is 16.4 Å². The molecule has 7 nitrogen and oxygen atoms in total. The number of anilines is 2. The average molecular weight is 428 g/mol. The first-order valence-electron chi connectivity index (χ1n) is 9.26. The van der Waals surface area contributed by atoms with Gasteiger partial charge in [0.25, 0.3) is 0 Å². The van der Waals surface area contributed by atoms with E-state index >= 15 is 0 Å². The summed E-state index contributed by atoms with van der Waals surface area (Å²) in [6.07, 6.45) is -0.0623. The molecule has 0 unspecified atom stereocenters. The molecule has 2 amide bonds. The summed E-state index contributed by atoms with van der Waals surface area (Å²) in [6.45, 7) is 3.94. The third-order valence-electron chi connectivity index (χ3n) is 4.38. The van der Waals surface area contributed by atoms with Crippen molar-refractivity contribution in [1.82, 2.24) is 14.8 Å². The maximum absolute atomic E-state index is 13.7. The molecule has 0 bridgehead atoms. The Morgan fingerprint density at radius 1 is 1.03 bits per heavy atom. The minimum atomic E-state index is -0.505. The summed E-state index contributed by atoms with van der Waals surface area (Å²) in [4.78, 5) is 24.5. The number of rotatable bonds is 7. The van der Waals surface area contributed by atoms with Crippen LogP contribution in [0.4, 0.5) is 15.8 Å². The van der Waals surface area contributed by atoms with E-state index in [0.29, 0.717) is 11.0 Å². The monoisotopic (exact) mass is 427 g/mol. The van der Waals surface area contributed by atoms with E-state index < -0.39 is 11.7 Å². The number of hydrogen-bond acceptors (Lipinski definition) is 5. The van der Waals surface area contributed by atoms with Crippen LogP contribution in [0.1, 0.15) is 17.0 Å². The SMILES string of the molecule is Cc1ccc(NC(=O)CSc2nnc(CC(=O)Nc3ccccc3F)n2C)c(C)c1. The smallest absolute Gasteiger partial charge is 0.234 e. The Hall–Kier alpha value is -3.20. The van der Waals surface area contributed by atoms with Crippen LogP contribution in [0.5, 0.6) is 0 Å². The van der Waals surface area contributed by atoms with Crippen molar-refractivity contribution in [3.8, 4) is 0 Å². The number of carbonyl (C=O) groups is 2. The van der Waals surface area contributed by atoms with Gasteiger partial charge in [-0.25, -0.2) is 4.39 Å². The highest BCUT2D eigenvalue weighted by molar-refractivity contribution is 7.99. The third kappa shape index (κ3) is 5.44. The van der Waals surface area contributed by atoms with Crippen molar-refractivity contribution in [3.63, 3.8) is 0 Å². The Kier molecular flexibility index (Phi) is 6.83. The number of halogens is 1. The molecule has 3 aromatic rings. The number of hydrogen-bond donors (Lipinski definition) is 2. The molecule has 0 fully saturated rings. The van der Waals surface area contributed by atoms with Crippen LogP contribution < -0.4 is 10.6 Å². The van der Waals surface area contributed by atoms with Gasteiger partial charge >= 0.3 is 0 Å². The first-order chi connectivity index (χ1) is 14.3. The van der Waals surface area contributed by atoms with Crippen molar-refractivity contribution in [2.24, 2.45) is 7.05 Å². The Morgan fingerprint density at radius 2 is 1.77 bits per heavy atom. The van der Waals surface area contributed by atoms with Crippen LogP contribution in [0.3, 0.4) is 0 Å². The van der Waals surface area contributed by atoms with E-state index in [9.17, 15) is 14.0 Å². The Balaban J connectivity index is 1.55. The number of carbonyl (C=O) groups excluding carboxylic acids is 2. The number of thioether (sulfide) groups is 1. The van der Waals surface area contributed by atoms with Gasteiger partial charge in [0.1, 0.15) is 11.6 Å². The first kappa shape index (κ1) is 21.5. The van der Waals surface area contributed by atoms with Crippen LogP contribution in [0.15, 0.2) is 47.6 Å². The number of aryl methyl sites for hydroxylation is 2. The molecular weight excluding hydrogens is 405 g/mol. The average Bonchev–Trinajstić information content (AvgIpc) is 3.04. The summed E-state index contributed by atoms with van der Waals surface area (Å²) in [5.41, 5.74) is 3.01. The second-order valence-electron chi connectivity index (χ2n) is 6.82. The molecule has 30 heavy (non-hydrogen) atoms. The fourth-order valence-corrected chi connectivity index (χ4v) is 3.53. The van der Waals surface area contributed by atoms with E-state index in [0.717, 1.165) is 16.8 Å². The van der Waals surface area contributed by atoms with E-state index in [1.165, 1.54) is 23.9 Å². The molecule has 0 aliphatic heterocycles. The number of para-hydroxylation sites is 1. The summed E-state index contributed by atoms with van der Waals surface area (Å²) in [5.74, 6) is -0.495. The zero-order valence-corrected chi connectivity index (χ0v) is 17.7. The fraction of sp³-hybridized carbons (Fsp3) is 0.238. The van der Waals surface area contributed by atoms with Crippen LogP contribution in [0, 0.1) is 19.7 Å². The molecule has 9 heteroatoms. The quantitative estimate of drug-likeness (QED) is 0.564. The van der Waals surface area contributed by atoms with Gasteiger partial charge in [-0.05, 0) is 37.6 Å². The third-order valence-corrected chi connectivity index (χ3v) is 5.40. The molecule has 1 heterocycles. The Bertz CT molecular complexity index is 1080. The number of nitrogens with zero attached hydrogens (tertiary/aromatic N) is 3. The van der Waals surface area contributed by atoms with Crippen molar-refractivity contribution in [2.45, 2.75) is 25.4 Å². The van der Waals surface area contributed by atoms with Gasteiger partial charge in [0.05, 0.1) is 17.9 Å². The predicted octanol–water partition coefficient (Wildman–Crippen LogP) is 3.48. The molecule has 2 aromatic carbocycles. The van der Waals surface area contributed by atoms with E-state index in [-0.39, 0.29) is 23.8 Å². The molecule has 0 radical (unpaired) electrons. The highest BCUT2D eigenvalue weighted by Gasteiger charge is 2.15. The largest absolute Gasteiger partial charge is 0.325 e. The second kappa shape index (κ2) is 9.53. The van der Waals surface area contributed by atoms with Gasteiger partial charge in [0.2, 0.25) is 11.8 Å². The van der Waals surface area contributed by atoms with Gasteiger partial charge in [-0.15, -0.1) is 10.2 Å². The van der Waals surface area contributed by atoms with Crippen molar-refractivity contribution in [1.29, 1.82) is 0 Å². The highest BCUT2D eigenvalue weighted by atomic mass is 32.2. The van der Waals surface area contributed by atoms with Crippen molar-refractivity contribution < 1.29 is 14.0 Å². The van der Waals surface area contributed by atoms with Crippen LogP contribution in [-0.2, 0) is 23.1 Å².